The summed E-state index contributed by atoms with van der Waals surface area (Å²) in [5.41, 5.74) is 14.4. The third-order valence-corrected chi connectivity index (χ3v) is 23.7. The van der Waals surface area contributed by atoms with Crippen molar-refractivity contribution in [2.75, 3.05) is 0 Å². The van der Waals surface area contributed by atoms with Crippen LogP contribution in [0, 0.1) is 58.2 Å². The summed E-state index contributed by atoms with van der Waals surface area (Å²) in [6.07, 6.45) is 36.7. The average molecular weight is 1120 g/mol. The van der Waals surface area contributed by atoms with Crippen LogP contribution in [0.4, 0.5) is 0 Å². The van der Waals surface area contributed by atoms with E-state index in [1.165, 1.54) is 210 Å². The maximum absolute atomic E-state index is 4.93. The molecule has 0 aromatic heterocycles. The molecule has 4 heteroatoms. The SMILES string of the molecule is CCC[Si]C.[Cl][Zr+2][Cl].c1cc(-c2ccc(C34CC5CC(CC(C5)C3)C4)cc2)c2cc(CC34CCC(CC3)C4)[cH-]c2c1.c1cc(-c2ccc(C34CC5CC(CC(C5)C3)C4)cc2)c2cc(CC34CCC(CC3)C4)[cH-]c2c1. The Hall–Kier alpha value is -2.22. The Balaban J connectivity index is 0.000000125. The van der Waals surface area contributed by atoms with Gasteiger partial charge in [-0.2, -0.15) is 12.1 Å². The van der Waals surface area contributed by atoms with Gasteiger partial charge in [0, 0.05) is 9.52 Å². The fourth-order valence-corrected chi connectivity index (χ4v) is 21.0. The molecule has 12 saturated carbocycles. The molecule has 18 rings (SSSR count). The number of hydrogen-bond donors (Lipinski definition) is 0. The Morgan fingerprint density at radius 1 is 0.486 bits per heavy atom. The normalized spacial score (nSPS) is 35.1. The van der Waals surface area contributed by atoms with Crippen molar-refractivity contribution in [1.82, 2.24) is 0 Å². The van der Waals surface area contributed by atoms with Crippen LogP contribution < -0.4 is 0 Å². The van der Waals surface area contributed by atoms with E-state index in [-0.39, 0.29) is 0 Å². The van der Waals surface area contributed by atoms with Gasteiger partial charge in [-0.3, -0.25) is 0 Å². The smallest absolute Gasteiger partial charge is 0.00391 e. The molecule has 0 N–H and O–H groups in total. The van der Waals surface area contributed by atoms with Gasteiger partial charge in [0.1, 0.15) is 0 Å². The second-order valence-corrected chi connectivity index (χ2v) is 32.7. The topological polar surface area (TPSA) is 0 Å². The third kappa shape index (κ3) is 9.99. The van der Waals surface area contributed by atoms with E-state index in [9.17, 15) is 0 Å². The average Bonchev–Trinajstić information content (AvgIpc) is 4.29. The van der Waals surface area contributed by atoms with E-state index in [0.29, 0.717) is 21.7 Å². The molecule has 0 aliphatic heterocycles. The van der Waals surface area contributed by atoms with Crippen molar-refractivity contribution in [2.45, 2.75) is 191 Å². The number of fused-ring (bicyclic) bond motifs is 6. The second-order valence-electron chi connectivity index (χ2n) is 27.7. The minimum atomic E-state index is -0.826. The van der Waals surface area contributed by atoms with Gasteiger partial charge in [0.15, 0.2) is 0 Å². The van der Waals surface area contributed by atoms with E-state index in [0.717, 1.165) is 56.9 Å². The molecule has 0 unspecified atom stereocenters. The van der Waals surface area contributed by atoms with Crippen LogP contribution in [0.3, 0.4) is 0 Å². The van der Waals surface area contributed by atoms with Crippen LogP contribution in [0.15, 0.2) is 109 Å². The fourth-order valence-electron chi connectivity index (χ4n) is 20.5. The number of halogens is 2. The Kier molecular flexibility index (Phi) is 14.6. The zero-order chi connectivity index (χ0) is 50.1. The van der Waals surface area contributed by atoms with Crippen molar-refractivity contribution in [3.8, 4) is 22.3 Å². The Morgan fingerprint density at radius 2 is 0.838 bits per heavy atom. The zero-order valence-electron chi connectivity index (χ0n) is 45.2. The van der Waals surface area contributed by atoms with Gasteiger partial charge in [-0.1, -0.05) is 97.7 Å². The summed E-state index contributed by atoms with van der Waals surface area (Å²) in [7, 11) is 11.0. The van der Waals surface area contributed by atoms with E-state index in [1.807, 2.05) is 0 Å². The first-order valence-electron chi connectivity index (χ1n) is 30.3. The van der Waals surface area contributed by atoms with E-state index in [2.05, 4.69) is 123 Å². The molecule has 12 fully saturated rings. The molecule has 0 amide bonds. The van der Waals surface area contributed by atoms with Crippen LogP contribution in [0.5, 0.6) is 0 Å². The van der Waals surface area contributed by atoms with Crippen LogP contribution >= 0.6 is 17.0 Å². The first-order valence-corrected chi connectivity index (χ1v) is 38.4. The summed E-state index contributed by atoms with van der Waals surface area (Å²) < 4.78 is 0. The van der Waals surface area contributed by atoms with Gasteiger partial charge >= 0.3 is 37.9 Å². The predicted octanol–water partition coefficient (Wildman–Crippen LogP) is 20.6. The summed E-state index contributed by atoms with van der Waals surface area (Å²) in [5.74, 6) is 8.17. The summed E-state index contributed by atoms with van der Waals surface area (Å²) in [6.45, 7) is 4.46. The minimum absolute atomic E-state index is 0.506. The molecule has 0 saturated heterocycles. The first-order chi connectivity index (χ1) is 36.1. The van der Waals surface area contributed by atoms with E-state index < -0.39 is 20.8 Å². The van der Waals surface area contributed by atoms with Gasteiger partial charge in [-0.25, -0.2) is 0 Å². The van der Waals surface area contributed by atoms with E-state index in [1.54, 1.807) is 22.3 Å². The molecule has 2 radical (unpaired) electrons. The molecular formula is C70H84Cl2SiZr. The molecule has 0 nitrogen and oxygen atoms in total. The molecular weight excluding hydrogens is 1030 g/mol. The van der Waals surface area contributed by atoms with Crippen LogP contribution in [-0.2, 0) is 44.5 Å². The second kappa shape index (κ2) is 21.1. The quantitative estimate of drug-likeness (QED) is 0.0947. The largest absolute Gasteiger partial charge is 0.164 e. The number of rotatable bonds is 10. The molecule has 6 aromatic rings. The molecule has 386 valence electrons. The van der Waals surface area contributed by atoms with Crippen molar-refractivity contribution in [3.63, 3.8) is 0 Å². The Bertz CT molecular complexity index is 2610. The third-order valence-electron chi connectivity index (χ3n) is 22.7. The summed E-state index contributed by atoms with van der Waals surface area (Å²) in [5, 5.41) is 5.83. The van der Waals surface area contributed by atoms with Crippen molar-refractivity contribution in [2.24, 2.45) is 58.2 Å². The maximum atomic E-state index is 4.93. The van der Waals surface area contributed by atoms with Crippen LogP contribution in [-0.4, -0.2) is 9.52 Å². The molecule has 12 bridgehead atoms. The molecule has 6 aromatic carbocycles. The summed E-state index contributed by atoms with van der Waals surface area (Å²) in [4.78, 5) is 0. The van der Waals surface area contributed by atoms with Gasteiger partial charge in [0.25, 0.3) is 0 Å². The number of benzene rings is 4. The van der Waals surface area contributed by atoms with Gasteiger partial charge in [-0.15, -0.1) is 69.1 Å². The van der Waals surface area contributed by atoms with Crippen LogP contribution in [0.2, 0.25) is 12.6 Å². The molecule has 12 aliphatic rings. The Morgan fingerprint density at radius 3 is 1.12 bits per heavy atom. The minimum Gasteiger partial charge on any atom is -0.164 e. The molecule has 12 aliphatic carbocycles. The van der Waals surface area contributed by atoms with Gasteiger partial charge < -0.3 is 0 Å². The summed E-state index contributed by atoms with van der Waals surface area (Å²) in [6, 6.07) is 45.3. The van der Waals surface area contributed by atoms with Crippen molar-refractivity contribution < 1.29 is 20.8 Å². The molecule has 0 atom stereocenters. The standard InChI is InChI=1S/2C33H37.C4H10Si.2ClH.Zr/c2*1-2-28-15-26(18-32-10-8-22(17-32)9-11-32)16-31(28)30(3-1)27-4-6-29(7-5-27)33-19-23-12-24(20-33)14-25(13-23)21-33;1-3-4-5-2;;;/h2*1-7,15-16,22-25H,8-14,17-21H2;3-4H2,1-2H3;2*1H;/q2*-1;;;;+4/p-2. The predicted molar refractivity (Wildman–Crippen MR) is 314 cm³/mol. The monoisotopic (exact) mass is 1110 g/mol. The van der Waals surface area contributed by atoms with Crippen LogP contribution in [0.1, 0.15) is 177 Å². The van der Waals surface area contributed by atoms with Crippen molar-refractivity contribution in [3.05, 3.63) is 131 Å². The van der Waals surface area contributed by atoms with Crippen molar-refractivity contribution in [1.29, 1.82) is 0 Å². The number of hydrogen-bond acceptors (Lipinski definition) is 0. The van der Waals surface area contributed by atoms with E-state index >= 15 is 0 Å². The zero-order valence-corrected chi connectivity index (χ0v) is 50.1. The van der Waals surface area contributed by atoms with Crippen LogP contribution in [0.25, 0.3) is 43.8 Å². The van der Waals surface area contributed by atoms with Gasteiger partial charge in [-0.05, 0) is 245 Å². The van der Waals surface area contributed by atoms with Gasteiger partial charge in [0.05, 0.1) is 0 Å². The summed E-state index contributed by atoms with van der Waals surface area (Å²) >= 11 is -0.826. The molecule has 74 heavy (non-hydrogen) atoms. The van der Waals surface area contributed by atoms with Gasteiger partial charge in [0.2, 0.25) is 0 Å². The molecule has 0 heterocycles. The fraction of sp³-hybridized carbons (Fsp3) is 0.571. The van der Waals surface area contributed by atoms with Crippen molar-refractivity contribution >= 4 is 48.1 Å². The van der Waals surface area contributed by atoms with E-state index in [4.69, 9.17) is 17.0 Å². The first kappa shape index (κ1) is 51.2. The maximum Gasteiger partial charge on any atom is -0.00391 e. The Labute approximate surface area is 467 Å². The molecule has 0 spiro atoms.